The molecule has 8 heteroatoms. The first kappa shape index (κ1) is 27.9. The minimum absolute atomic E-state index is 0. The minimum atomic E-state index is 0. The number of likely N-dealkylation sites (N-methyl/N-ethyl adjacent to an activating group) is 1. The van der Waals surface area contributed by atoms with E-state index in [1.165, 1.54) is 38.2 Å². The van der Waals surface area contributed by atoms with Gasteiger partial charge in [-0.05, 0) is 65.0 Å². The van der Waals surface area contributed by atoms with Crippen LogP contribution < -0.4 is 15.4 Å². The Labute approximate surface area is 206 Å². The number of hydrogen-bond acceptors (Lipinski definition) is 5. The maximum atomic E-state index is 5.89. The highest BCUT2D eigenvalue weighted by Crippen LogP contribution is 2.21. The fourth-order valence-electron chi connectivity index (χ4n) is 3.50. The van der Waals surface area contributed by atoms with Gasteiger partial charge in [-0.3, -0.25) is 0 Å². The van der Waals surface area contributed by atoms with Gasteiger partial charge in [0.05, 0.1) is 13.2 Å². The second-order valence-electron chi connectivity index (χ2n) is 7.93. The van der Waals surface area contributed by atoms with E-state index in [2.05, 4.69) is 59.5 Å². The Balaban J connectivity index is 0.00000480. The summed E-state index contributed by atoms with van der Waals surface area (Å²) in [7, 11) is 3.90. The lowest BCUT2D eigenvalue weighted by atomic mass is 10.1. The minimum Gasteiger partial charge on any atom is -0.491 e. The van der Waals surface area contributed by atoms with E-state index in [-0.39, 0.29) is 24.0 Å². The second-order valence-corrected chi connectivity index (χ2v) is 7.93. The number of aliphatic imine (C=N–C) groups is 1. The van der Waals surface area contributed by atoms with Gasteiger partial charge in [0.2, 0.25) is 0 Å². The summed E-state index contributed by atoms with van der Waals surface area (Å²) in [4.78, 5) is 9.77. The van der Waals surface area contributed by atoms with Gasteiger partial charge < -0.3 is 29.9 Å². The molecule has 31 heavy (non-hydrogen) atoms. The molecule has 1 fully saturated rings. The number of benzene rings is 1. The van der Waals surface area contributed by atoms with Crippen LogP contribution in [0.15, 0.2) is 23.2 Å². The Bertz CT molecular complexity index is 644. The van der Waals surface area contributed by atoms with Gasteiger partial charge >= 0.3 is 0 Å². The lowest BCUT2D eigenvalue weighted by Gasteiger charge is -2.20. The van der Waals surface area contributed by atoms with Crippen molar-refractivity contribution in [1.29, 1.82) is 0 Å². The topological polar surface area (TPSA) is 61.4 Å². The number of guanidine groups is 1. The van der Waals surface area contributed by atoms with Gasteiger partial charge in [-0.15, -0.1) is 24.0 Å². The molecule has 2 rings (SSSR count). The van der Waals surface area contributed by atoms with E-state index < -0.39 is 0 Å². The summed E-state index contributed by atoms with van der Waals surface area (Å²) in [5.41, 5.74) is 2.27. The molecule has 7 nitrogen and oxygen atoms in total. The molecule has 0 unspecified atom stereocenters. The van der Waals surface area contributed by atoms with Crippen molar-refractivity contribution in [2.75, 3.05) is 73.2 Å². The molecule has 1 heterocycles. The normalized spacial score (nSPS) is 15.8. The molecule has 0 amide bonds. The van der Waals surface area contributed by atoms with Gasteiger partial charge in [0, 0.05) is 38.9 Å². The molecular formula is C23H42IN5O2. The van der Waals surface area contributed by atoms with Crippen LogP contribution in [0.4, 0.5) is 0 Å². The predicted octanol–water partition coefficient (Wildman–Crippen LogP) is 2.72. The van der Waals surface area contributed by atoms with Gasteiger partial charge in [0.1, 0.15) is 12.4 Å². The summed E-state index contributed by atoms with van der Waals surface area (Å²) in [6, 6.07) is 6.27. The van der Waals surface area contributed by atoms with Crippen LogP contribution in [0.25, 0.3) is 0 Å². The molecule has 2 N–H and O–H groups in total. The standard InChI is InChI=1S/C23H41N5O2.HI/c1-5-24-23(25-10-6-12-28-13-7-11-27(3)14-15-28)26-19-21-9-8-20(2)18-22(21)30-17-16-29-4;/h8-9,18H,5-7,10-17,19H2,1-4H3,(H2,24,25,26);1H. The monoisotopic (exact) mass is 547 g/mol. The first-order valence-corrected chi connectivity index (χ1v) is 11.3. The van der Waals surface area contributed by atoms with E-state index in [1.54, 1.807) is 7.11 Å². The molecule has 1 aromatic rings. The maximum absolute atomic E-state index is 5.89. The molecule has 0 atom stereocenters. The van der Waals surface area contributed by atoms with Crippen LogP contribution in [-0.4, -0.2) is 88.9 Å². The van der Waals surface area contributed by atoms with Crippen LogP contribution in [0.1, 0.15) is 30.9 Å². The van der Waals surface area contributed by atoms with E-state index in [0.717, 1.165) is 43.3 Å². The largest absolute Gasteiger partial charge is 0.491 e. The van der Waals surface area contributed by atoms with Crippen LogP contribution in [0, 0.1) is 6.92 Å². The van der Waals surface area contributed by atoms with E-state index in [9.17, 15) is 0 Å². The van der Waals surface area contributed by atoms with E-state index in [4.69, 9.17) is 14.5 Å². The van der Waals surface area contributed by atoms with E-state index >= 15 is 0 Å². The van der Waals surface area contributed by atoms with Crippen molar-refractivity contribution >= 4 is 29.9 Å². The Hall–Kier alpha value is -1.10. The molecule has 178 valence electrons. The lowest BCUT2D eigenvalue weighted by molar-refractivity contribution is 0.145. The molecule has 0 saturated carbocycles. The number of hydrogen-bond donors (Lipinski definition) is 2. The van der Waals surface area contributed by atoms with Gasteiger partial charge in [0.25, 0.3) is 0 Å². The highest BCUT2D eigenvalue weighted by molar-refractivity contribution is 14.0. The Morgan fingerprint density at radius 2 is 1.97 bits per heavy atom. The van der Waals surface area contributed by atoms with Gasteiger partial charge in [0.15, 0.2) is 5.96 Å². The Morgan fingerprint density at radius 1 is 1.13 bits per heavy atom. The first-order valence-electron chi connectivity index (χ1n) is 11.3. The summed E-state index contributed by atoms with van der Waals surface area (Å²) in [5.74, 6) is 1.74. The summed E-state index contributed by atoms with van der Waals surface area (Å²) in [5, 5.41) is 6.83. The molecule has 1 aliphatic heterocycles. The zero-order valence-corrected chi connectivity index (χ0v) is 22.1. The summed E-state index contributed by atoms with van der Waals surface area (Å²) < 4.78 is 11.0. The van der Waals surface area contributed by atoms with Crippen molar-refractivity contribution < 1.29 is 9.47 Å². The third-order valence-corrected chi connectivity index (χ3v) is 5.28. The van der Waals surface area contributed by atoms with Crippen LogP contribution in [0.2, 0.25) is 0 Å². The average molecular weight is 548 g/mol. The number of halogens is 1. The van der Waals surface area contributed by atoms with Crippen molar-refractivity contribution in [3.63, 3.8) is 0 Å². The van der Waals surface area contributed by atoms with Crippen molar-refractivity contribution in [1.82, 2.24) is 20.4 Å². The summed E-state index contributed by atoms with van der Waals surface area (Å²) >= 11 is 0. The second kappa shape index (κ2) is 16.5. The number of rotatable bonds is 11. The Morgan fingerprint density at radius 3 is 2.74 bits per heavy atom. The predicted molar refractivity (Wildman–Crippen MR) is 140 cm³/mol. The van der Waals surface area contributed by atoms with Gasteiger partial charge in [-0.25, -0.2) is 4.99 Å². The number of aryl methyl sites for hydroxylation is 1. The molecule has 0 aromatic heterocycles. The molecule has 1 aliphatic rings. The molecular weight excluding hydrogens is 505 g/mol. The number of methoxy groups -OCH3 is 1. The van der Waals surface area contributed by atoms with Crippen molar-refractivity contribution in [3.8, 4) is 5.75 Å². The average Bonchev–Trinajstić information content (AvgIpc) is 2.94. The van der Waals surface area contributed by atoms with Crippen molar-refractivity contribution in [2.45, 2.75) is 33.2 Å². The molecule has 1 saturated heterocycles. The first-order chi connectivity index (χ1) is 14.6. The van der Waals surface area contributed by atoms with Gasteiger partial charge in [-0.2, -0.15) is 0 Å². The Kier molecular flexibility index (Phi) is 14.9. The number of nitrogens with zero attached hydrogens (tertiary/aromatic N) is 3. The van der Waals surface area contributed by atoms with Crippen molar-refractivity contribution in [3.05, 3.63) is 29.3 Å². The van der Waals surface area contributed by atoms with Crippen molar-refractivity contribution in [2.24, 2.45) is 4.99 Å². The lowest BCUT2D eigenvalue weighted by Crippen LogP contribution is -2.39. The van der Waals surface area contributed by atoms with Crippen LogP contribution >= 0.6 is 24.0 Å². The molecule has 1 aromatic carbocycles. The smallest absolute Gasteiger partial charge is 0.191 e. The van der Waals surface area contributed by atoms with Crippen LogP contribution in [0.3, 0.4) is 0 Å². The highest BCUT2D eigenvalue weighted by Gasteiger charge is 2.11. The number of nitrogens with one attached hydrogen (secondary N) is 2. The van der Waals surface area contributed by atoms with E-state index in [0.29, 0.717) is 19.8 Å². The molecule has 0 bridgehead atoms. The van der Waals surface area contributed by atoms with E-state index in [1.807, 2.05) is 0 Å². The van der Waals surface area contributed by atoms with Crippen LogP contribution in [-0.2, 0) is 11.3 Å². The number of ether oxygens (including phenoxy) is 2. The van der Waals surface area contributed by atoms with Gasteiger partial charge in [-0.1, -0.05) is 12.1 Å². The summed E-state index contributed by atoms with van der Waals surface area (Å²) in [6.07, 6.45) is 2.38. The fourth-order valence-corrected chi connectivity index (χ4v) is 3.50. The fraction of sp³-hybridized carbons (Fsp3) is 0.696. The maximum Gasteiger partial charge on any atom is 0.191 e. The summed E-state index contributed by atoms with van der Waals surface area (Å²) in [6.45, 7) is 13.5. The SMILES string of the molecule is CCNC(=NCc1ccc(C)cc1OCCOC)NCCCN1CCCN(C)CC1.I. The molecule has 0 spiro atoms. The quantitative estimate of drug-likeness (QED) is 0.192. The highest BCUT2D eigenvalue weighted by atomic mass is 127. The molecule has 0 radical (unpaired) electrons. The third kappa shape index (κ3) is 11.4. The molecule has 0 aliphatic carbocycles. The third-order valence-electron chi connectivity index (χ3n) is 5.28. The zero-order chi connectivity index (χ0) is 21.6. The zero-order valence-electron chi connectivity index (χ0n) is 19.8. The van der Waals surface area contributed by atoms with Crippen LogP contribution in [0.5, 0.6) is 5.75 Å².